The first kappa shape index (κ1) is 13.6. The molecule has 0 aliphatic heterocycles. The fraction of sp³-hybridized carbons (Fsp3) is 0.0909. The topological polar surface area (TPSA) is 25.0 Å². The predicted molar refractivity (Wildman–Crippen MR) is 83.6 cm³/mol. The first-order valence-electron chi connectivity index (χ1n) is 4.60. The SMILES string of the molecule is COc1c(Br)cc(Br)cc1-c1[nH]c(Br)cc1Br. The highest BCUT2D eigenvalue weighted by molar-refractivity contribution is 9.11. The number of aromatic nitrogens is 1. The number of hydrogen-bond acceptors (Lipinski definition) is 1. The number of rotatable bonds is 2. The van der Waals surface area contributed by atoms with E-state index in [4.69, 9.17) is 4.74 Å². The quantitative estimate of drug-likeness (QED) is 0.573. The van der Waals surface area contributed by atoms with Crippen LogP contribution in [0.15, 0.2) is 36.2 Å². The normalized spacial score (nSPS) is 10.6. The first-order chi connectivity index (χ1) is 8.02. The standard InChI is InChI=1S/C11H7Br4NO/c1-17-11-6(2-5(12)3-8(11)14)10-7(13)4-9(15)16-10/h2-4,16H,1H3. The summed E-state index contributed by atoms with van der Waals surface area (Å²) in [6.07, 6.45) is 0. The average Bonchev–Trinajstić information content (AvgIpc) is 2.56. The summed E-state index contributed by atoms with van der Waals surface area (Å²) in [7, 11) is 1.66. The van der Waals surface area contributed by atoms with Gasteiger partial charge in [-0.05, 0) is 66.0 Å². The maximum Gasteiger partial charge on any atom is 0.142 e. The van der Waals surface area contributed by atoms with Crippen LogP contribution in [0.2, 0.25) is 0 Å². The summed E-state index contributed by atoms with van der Waals surface area (Å²) in [6.45, 7) is 0. The van der Waals surface area contributed by atoms with Crippen molar-refractivity contribution in [2.45, 2.75) is 0 Å². The Bertz CT molecular complexity index is 565. The minimum absolute atomic E-state index is 0.795. The molecule has 0 unspecified atom stereocenters. The van der Waals surface area contributed by atoms with Gasteiger partial charge in [-0.3, -0.25) is 0 Å². The van der Waals surface area contributed by atoms with Crippen LogP contribution in [0, 0.1) is 0 Å². The van der Waals surface area contributed by atoms with Gasteiger partial charge in [-0.1, -0.05) is 15.9 Å². The van der Waals surface area contributed by atoms with Crippen molar-refractivity contribution in [3.05, 3.63) is 36.2 Å². The minimum atomic E-state index is 0.795. The molecule has 2 aromatic rings. The largest absolute Gasteiger partial charge is 0.495 e. The van der Waals surface area contributed by atoms with Crippen LogP contribution in [0.4, 0.5) is 0 Å². The molecule has 0 amide bonds. The Morgan fingerprint density at radius 3 is 2.24 bits per heavy atom. The van der Waals surface area contributed by atoms with Gasteiger partial charge in [0, 0.05) is 14.5 Å². The molecule has 0 saturated carbocycles. The third-order valence-corrected chi connectivity index (χ3v) is 4.32. The number of benzene rings is 1. The molecule has 2 rings (SSSR count). The van der Waals surface area contributed by atoms with Gasteiger partial charge in [-0.25, -0.2) is 0 Å². The number of aromatic amines is 1. The van der Waals surface area contributed by atoms with E-state index in [9.17, 15) is 0 Å². The van der Waals surface area contributed by atoms with Crippen LogP contribution in [0.1, 0.15) is 0 Å². The Kier molecular flexibility index (Phi) is 4.39. The van der Waals surface area contributed by atoms with Crippen LogP contribution in [-0.2, 0) is 0 Å². The zero-order valence-electron chi connectivity index (χ0n) is 8.65. The van der Waals surface area contributed by atoms with Crippen molar-refractivity contribution in [3.8, 4) is 17.0 Å². The van der Waals surface area contributed by atoms with Gasteiger partial charge in [-0.15, -0.1) is 0 Å². The van der Waals surface area contributed by atoms with Crippen molar-refractivity contribution >= 4 is 63.7 Å². The summed E-state index contributed by atoms with van der Waals surface area (Å²) in [5.74, 6) is 0.795. The van der Waals surface area contributed by atoms with Crippen molar-refractivity contribution in [1.82, 2.24) is 4.98 Å². The monoisotopic (exact) mass is 485 g/mol. The van der Waals surface area contributed by atoms with Gasteiger partial charge in [0.2, 0.25) is 0 Å². The molecule has 90 valence electrons. The van der Waals surface area contributed by atoms with E-state index < -0.39 is 0 Å². The van der Waals surface area contributed by atoms with Crippen LogP contribution in [0.25, 0.3) is 11.3 Å². The summed E-state index contributed by atoms with van der Waals surface area (Å²) < 4.78 is 9.21. The zero-order chi connectivity index (χ0) is 12.6. The Balaban J connectivity index is 2.69. The lowest BCUT2D eigenvalue weighted by molar-refractivity contribution is 0.413. The maximum absolute atomic E-state index is 5.43. The van der Waals surface area contributed by atoms with Gasteiger partial charge >= 0.3 is 0 Å². The smallest absolute Gasteiger partial charge is 0.142 e. The molecule has 0 bridgehead atoms. The number of ether oxygens (including phenoxy) is 1. The molecule has 0 aliphatic rings. The minimum Gasteiger partial charge on any atom is -0.495 e. The summed E-state index contributed by atoms with van der Waals surface area (Å²) in [6, 6.07) is 5.92. The predicted octanol–water partition coefficient (Wildman–Crippen LogP) is 5.74. The molecule has 0 aliphatic carbocycles. The van der Waals surface area contributed by atoms with Crippen molar-refractivity contribution < 1.29 is 4.74 Å². The summed E-state index contributed by atoms with van der Waals surface area (Å²) >= 11 is 13.9. The van der Waals surface area contributed by atoms with E-state index >= 15 is 0 Å². The van der Waals surface area contributed by atoms with E-state index in [-0.39, 0.29) is 0 Å². The summed E-state index contributed by atoms with van der Waals surface area (Å²) in [5, 5.41) is 0. The lowest BCUT2D eigenvalue weighted by atomic mass is 10.1. The highest BCUT2D eigenvalue weighted by Gasteiger charge is 2.15. The van der Waals surface area contributed by atoms with E-state index in [1.807, 2.05) is 18.2 Å². The van der Waals surface area contributed by atoms with Gasteiger partial charge in [0.05, 0.1) is 21.9 Å². The van der Waals surface area contributed by atoms with E-state index in [1.165, 1.54) is 0 Å². The molecular weight excluding hydrogens is 482 g/mol. The second kappa shape index (κ2) is 5.47. The molecule has 0 spiro atoms. The van der Waals surface area contributed by atoms with Gasteiger partial charge in [0.1, 0.15) is 5.75 Å². The molecular formula is C11H7Br4NO. The molecule has 0 saturated heterocycles. The molecule has 0 radical (unpaired) electrons. The number of nitrogens with one attached hydrogen (secondary N) is 1. The van der Waals surface area contributed by atoms with Crippen molar-refractivity contribution in [2.24, 2.45) is 0 Å². The number of methoxy groups -OCH3 is 1. The number of H-pyrrole nitrogens is 1. The molecule has 1 aromatic carbocycles. The van der Waals surface area contributed by atoms with Gasteiger partial charge in [-0.2, -0.15) is 0 Å². The van der Waals surface area contributed by atoms with E-state index in [2.05, 4.69) is 68.7 Å². The average molecular weight is 489 g/mol. The van der Waals surface area contributed by atoms with Gasteiger partial charge in [0.15, 0.2) is 0 Å². The Hall–Kier alpha value is 0.220. The molecule has 6 heteroatoms. The molecule has 1 heterocycles. The third kappa shape index (κ3) is 2.80. The Morgan fingerprint density at radius 1 is 1.00 bits per heavy atom. The molecule has 0 fully saturated rings. The second-order valence-electron chi connectivity index (χ2n) is 3.31. The third-order valence-electron chi connectivity index (χ3n) is 2.22. The van der Waals surface area contributed by atoms with Gasteiger partial charge in [0.25, 0.3) is 0 Å². The van der Waals surface area contributed by atoms with Crippen LogP contribution in [-0.4, -0.2) is 12.1 Å². The molecule has 1 N–H and O–H groups in total. The van der Waals surface area contributed by atoms with Crippen LogP contribution < -0.4 is 4.74 Å². The molecule has 17 heavy (non-hydrogen) atoms. The first-order valence-corrected chi connectivity index (χ1v) is 7.77. The van der Waals surface area contributed by atoms with Crippen LogP contribution in [0.5, 0.6) is 5.75 Å². The number of hydrogen-bond donors (Lipinski definition) is 1. The van der Waals surface area contributed by atoms with E-state index in [0.717, 1.165) is 35.0 Å². The molecule has 0 atom stereocenters. The van der Waals surface area contributed by atoms with Gasteiger partial charge < -0.3 is 9.72 Å². The van der Waals surface area contributed by atoms with Crippen LogP contribution >= 0.6 is 63.7 Å². The molecule has 1 aromatic heterocycles. The lowest BCUT2D eigenvalue weighted by Gasteiger charge is -2.10. The zero-order valence-corrected chi connectivity index (χ0v) is 15.0. The Labute approximate surface area is 133 Å². The molecule has 2 nitrogen and oxygen atoms in total. The highest BCUT2D eigenvalue weighted by Crippen LogP contribution is 2.41. The van der Waals surface area contributed by atoms with Crippen molar-refractivity contribution in [1.29, 1.82) is 0 Å². The number of halogens is 4. The highest BCUT2D eigenvalue weighted by atomic mass is 79.9. The van der Waals surface area contributed by atoms with Crippen molar-refractivity contribution in [3.63, 3.8) is 0 Å². The fourth-order valence-electron chi connectivity index (χ4n) is 1.55. The second-order valence-corrected chi connectivity index (χ2v) is 6.79. The fourth-order valence-corrected chi connectivity index (χ4v) is 4.21. The van der Waals surface area contributed by atoms with E-state index in [1.54, 1.807) is 7.11 Å². The van der Waals surface area contributed by atoms with E-state index in [0.29, 0.717) is 0 Å². The summed E-state index contributed by atoms with van der Waals surface area (Å²) in [4.78, 5) is 3.24. The lowest BCUT2D eigenvalue weighted by Crippen LogP contribution is -1.90. The van der Waals surface area contributed by atoms with Crippen molar-refractivity contribution in [2.75, 3.05) is 7.11 Å². The van der Waals surface area contributed by atoms with Crippen LogP contribution in [0.3, 0.4) is 0 Å². The summed E-state index contributed by atoms with van der Waals surface area (Å²) in [5.41, 5.74) is 1.95. The maximum atomic E-state index is 5.43. The Morgan fingerprint density at radius 2 is 1.71 bits per heavy atom.